The third-order valence-electron chi connectivity index (χ3n) is 3.02. The van der Waals surface area contributed by atoms with E-state index in [0.717, 1.165) is 15.6 Å². The molecule has 0 saturated carbocycles. The predicted octanol–water partition coefficient (Wildman–Crippen LogP) is 3.05. The molecule has 22 heavy (non-hydrogen) atoms. The molecule has 0 heterocycles. The zero-order valence-corrected chi connectivity index (χ0v) is 13.8. The fraction of sp³-hybridized carbons (Fsp3) is 0.176. The van der Waals surface area contributed by atoms with Crippen LogP contribution in [0.15, 0.2) is 53.0 Å². The molecule has 2 rings (SSSR count). The first kappa shape index (κ1) is 16.2. The Kier molecular flexibility index (Phi) is 5.72. The number of nitrogens with one attached hydrogen (secondary N) is 2. The average molecular weight is 361 g/mol. The summed E-state index contributed by atoms with van der Waals surface area (Å²) in [5, 5.41) is 5.34. The van der Waals surface area contributed by atoms with Crippen LogP contribution in [-0.2, 0) is 16.0 Å². The molecule has 5 heteroatoms. The molecule has 0 spiro atoms. The molecule has 2 aromatic rings. The third-order valence-corrected chi connectivity index (χ3v) is 3.55. The molecule has 0 atom stereocenters. The monoisotopic (exact) mass is 360 g/mol. The SMILES string of the molecule is Cc1cccc(CC(=O)NCC(=O)Nc2ccc(Br)cc2)c1. The highest BCUT2D eigenvalue weighted by molar-refractivity contribution is 9.10. The van der Waals surface area contributed by atoms with Gasteiger partial charge in [0.05, 0.1) is 13.0 Å². The Labute approximate surface area is 138 Å². The summed E-state index contributed by atoms with van der Waals surface area (Å²) in [5.41, 5.74) is 2.74. The maximum absolute atomic E-state index is 11.8. The lowest BCUT2D eigenvalue weighted by Crippen LogP contribution is -2.33. The number of aryl methyl sites for hydroxylation is 1. The molecule has 0 aliphatic heterocycles. The molecular weight excluding hydrogens is 344 g/mol. The fourth-order valence-electron chi connectivity index (χ4n) is 1.99. The van der Waals surface area contributed by atoms with Crippen molar-refractivity contribution in [1.29, 1.82) is 0 Å². The third kappa shape index (κ3) is 5.33. The molecular formula is C17H17BrN2O2. The predicted molar refractivity (Wildman–Crippen MR) is 90.7 cm³/mol. The minimum atomic E-state index is -0.250. The van der Waals surface area contributed by atoms with E-state index in [4.69, 9.17) is 0 Å². The molecule has 0 aliphatic carbocycles. The van der Waals surface area contributed by atoms with Crippen LogP contribution in [0.25, 0.3) is 0 Å². The standard InChI is InChI=1S/C17H17BrN2O2/c1-12-3-2-4-13(9-12)10-16(21)19-11-17(22)20-15-7-5-14(18)6-8-15/h2-9H,10-11H2,1H3,(H,19,21)(H,20,22). The van der Waals surface area contributed by atoms with Gasteiger partial charge in [-0.1, -0.05) is 45.8 Å². The molecule has 0 saturated heterocycles. The van der Waals surface area contributed by atoms with Crippen molar-refractivity contribution < 1.29 is 9.59 Å². The summed E-state index contributed by atoms with van der Waals surface area (Å²) in [5.74, 6) is -0.420. The van der Waals surface area contributed by atoms with E-state index in [1.807, 2.05) is 43.3 Å². The quantitative estimate of drug-likeness (QED) is 0.860. The Hall–Kier alpha value is -2.14. The summed E-state index contributed by atoms with van der Waals surface area (Å²) in [6, 6.07) is 15.0. The maximum atomic E-state index is 11.8. The maximum Gasteiger partial charge on any atom is 0.243 e. The summed E-state index contributed by atoms with van der Waals surface area (Å²) in [4.78, 5) is 23.6. The van der Waals surface area contributed by atoms with Gasteiger partial charge in [0.1, 0.15) is 0 Å². The number of carbonyl (C=O) groups is 2. The van der Waals surface area contributed by atoms with Crippen molar-refractivity contribution in [3.05, 3.63) is 64.1 Å². The van der Waals surface area contributed by atoms with Crippen molar-refractivity contribution in [1.82, 2.24) is 5.32 Å². The van der Waals surface area contributed by atoms with E-state index >= 15 is 0 Å². The molecule has 2 N–H and O–H groups in total. The van der Waals surface area contributed by atoms with E-state index in [1.54, 1.807) is 12.1 Å². The number of anilines is 1. The van der Waals surface area contributed by atoms with Gasteiger partial charge < -0.3 is 10.6 Å². The molecule has 0 unspecified atom stereocenters. The largest absolute Gasteiger partial charge is 0.347 e. The van der Waals surface area contributed by atoms with Crippen molar-refractivity contribution in [3.63, 3.8) is 0 Å². The van der Waals surface area contributed by atoms with Crippen LogP contribution >= 0.6 is 15.9 Å². The van der Waals surface area contributed by atoms with Gasteiger partial charge in [-0.15, -0.1) is 0 Å². The lowest BCUT2D eigenvalue weighted by Gasteiger charge is -2.07. The second-order valence-electron chi connectivity index (χ2n) is 5.00. The summed E-state index contributed by atoms with van der Waals surface area (Å²) in [6.45, 7) is 1.94. The lowest BCUT2D eigenvalue weighted by atomic mass is 10.1. The Morgan fingerprint density at radius 3 is 2.45 bits per heavy atom. The average Bonchev–Trinajstić information content (AvgIpc) is 2.48. The van der Waals surface area contributed by atoms with Gasteiger partial charge in [0.25, 0.3) is 0 Å². The van der Waals surface area contributed by atoms with Crippen molar-refractivity contribution in [2.24, 2.45) is 0 Å². The summed E-state index contributed by atoms with van der Waals surface area (Å²) in [6.07, 6.45) is 0.271. The normalized spacial score (nSPS) is 10.1. The van der Waals surface area contributed by atoms with E-state index in [-0.39, 0.29) is 24.8 Å². The zero-order chi connectivity index (χ0) is 15.9. The highest BCUT2D eigenvalue weighted by Crippen LogP contribution is 2.13. The smallest absolute Gasteiger partial charge is 0.243 e. The topological polar surface area (TPSA) is 58.2 Å². The Morgan fingerprint density at radius 1 is 1.05 bits per heavy atom. The Bertz CT molecular complexity index is 669. The molecule has 4 nitrogen and oxygen atoms in total. The lowest BCUT2D eigenvalue weighted by molar-refractivity contribution is -0.123. The van der Waals surface area contributed by atoms with Crippen molar-refractivity contribution in [3.8, 4) is 0 Å². The number of benzene rings is 2. The number of halogens is 1. The minimum absolute atomic E-state index is 0.0410. The van der Waals surface area contributed by atoms with Crippen LogP contribution in [0, 0.1) is 6.92 Å². The minimum Gasteiger partial charge on any atom is -0.347 e. The van der Waals surface area contributed by atoms with Gasteiger partial charge in [-0.2, -0.15) is 0 Å². The van der Waals surface area contributed by atoms with Crippen molar-refractivity contribution in [2.75, 3.05) is 11.9 Å². The Morgan fingerprint density at radius 2 is 1.77 bits per heavy atom. The summed E-state index contributed by atoms with van der Waals surface area (Å²) >= 11 is 3.33. The number of amides is 2. The van der Waals surface area contributed by atoms with Gasteiger partial charge in [0.15, 0.2) is 0 Å². The molecule has 0 aliphatic rings. The first-order valence-electron chi connectivity index (χ1n) is 6.90. The van der Waals surface area contributed by atoms with E-state index in [0.29, 0.717) is 5.69 Å². The van der Waals surface area contributed by atoms with Crippen LogP contribution in [0.5, 0.6) is 0 Å². The van der Waals surface area contributed by atoms with Gasteiger partial charge in [0.2, 0.25) is 11.8 Å². The van der Waals surface area contributed by atoms with Gasteiger partial charge >= 0.3 is 0 Å². The highest BCUT2D eigenvalue weighted by Gasteiger charge is 2.07. The van der Waals surface area contributed by atoms with Crippen LogP contribution in [-0.4, -0.2) is 18.4 Å². The fourth-order valence-corrected chi connectivity index (χ4v) is 2.25. The van der Waals surface area contributed by atoms with Crippen LogP contribution < -0.4 is 10.6 Å². The molecule has 0 radical (unpaired) electrons. The van der Waals surface area contributed by atoms with Gasteiger partial charge in [-0.05, 0) is 36.8 Å². The second-order valence-corrected chi connectivity index (χ2v) is 5.91. The molecule has 114 valence electrons. The number of rotatable bonds is 5. The van der Waals surface area contributed by atoms with E-state index < -0.39 is 0 Å². The van der Waals surface area contributed by atoms with Gasteiger partial charge in [-0.3, -0.25) is 9.59 Å². The number of hydrogen-bond donors (Lipinski definition) is 2. The number of hydrogen-bond acceptors (Lipinski definition) is 2. The Balaban J connectivity index is 1.78. The van der Waals surface area contributed by atoms with Gasteiger partial charge in [0, 0.05) is 10.2 Å². The first-order chi connectivity index (χ1) is 10.5. The van der Waals surface area contributed by atoms with Crippen molar-refractivity contribution in [2.45, 2.75) is 13.3 Å². The molecule has 2 amide bonds. The molecule has 2 aromatic carbocycles. The molecule has 0 fully saturated rings. The van der Waals surface area contributed by atoms with Crippen LogP contribution in [0.4, 0.5) is 5.69 Å². The van der Waals surface area contributed by atoms with Gasteiger partial charge in [-0.25, -0.2) is 0 Å². The highest BCUT2D eigenvalue weighted by atomic mass is 79.9. The molecule has 0 bridgehead atoms. The molecule has 0 aromatic heterocycles. The zero-order valence-electron chi connectivity index (χ0n) is 12.2. The van der Waals surface area contributed by atoms with E-state index in [9.17, 15) is 9.59 Å². The van der Waals surface area contributed by atoms with E-state index in [2.05, 4.69) is 26.6 Å². The van der Waals surface area contributed by atoms with Crippen LogP contribution in [0.3, 0.4) is 0 Å². The summed E-state index contributed by atoms with van der Waals surface area (Å²) in [7, 11) is 0. The summed E-state index contributed by atoms with van der Waals surface area (Å²) < 4.78 is 0.942. The first-order valence-corrected chi connectivity index (χ1v) is 7.70. The van der Waals surface area contributed by atoms with Crippen LogP contribution in [0.2, 0.25) is 0 Å². The van der Waals surface area contributed by atoms with Crippen molar-refractivity contribution >= 4 is 33.4 Å². The second kappa shape index (κ2) is 7.75. The van der Waals surface area contributed by atoms with E-state index in [1.165, 1.54) is 0 Å². The number of carbonyl (C=O) groups excluding carboxylic acids is 2. The van der Waals surface area contributed by atoms with Crippen LogP contribution in [0.1, 0.15) is 11.1 Å².